The third-order valence-corrected chi connectivity index (χ3v) is 3.13. The van der Waals surface area contributed by atoms with Crippen LogP contribution in [0.4, 0.5) is 5.13 Å². The van der Waals surface area contributed by atoms with E-state index in [0.717, 1.165) is 15.3 Å². The fourth-order valence-electron chi connectivity index (χ4n) is 1.29. The van der Waals surface area contributed by atoms with E-state index in [9.17, 15) is 4.79 Å². The molecule has 0 amide bonds. The molecule has 0 unspecified atom stereocenters. The summed E-state index contributed by atoms with van der Waals surface area (Å²) in [4.78, 5) is 16.5. The number of hydrogen-bond donors (Lipinski definition) is 1. The molecule has 2 aromatic rings. The Kier molecular flexibility index (Phi) is 2.55. The van der Waals surface area contributed by atoms with Gasteiger partial charge in [0.1, 0.15) is 6.54 Å². The third-order valence-electron chi connectivity index (χ3n) is 1.98. The van der Waals surface area contributed by atoms with E-state index >= 15 is 0 Å². The SMILES string of the molecule is CN(CC(=O)O)c1nc2ccccc2s1. The summed E-state index contributed by atoms with van der Waals surface area (Å²) in [5.74, 6) is -0.850. The average Bonchev–Trinajstić information content (AvgIpc) is 2.59. The van der Waals surface area contributed by atoms with E-state index in [0.29, 0.717) is 0 Å². The number of aromatic nitrogens is 1. The summed E-state index contributed by atoms with van der Waals surface area (Å²) in [7, 11) is 1.73. The lowest BCUT2D eigenvalue weighted by atomic mass is 10.3. The van der Waals surface area contributed by atoms with Gasteiger partial charge in [-0.1, -0.05) is 23.5 Å². The Morgan fingerprint density at radius 2 is 2.27 bits per heavy atom. The first-order chi connectivity index (χ1) is 7.16. The minimum Gasteiger partial charge on any atom is -0.480 e. The molecule has 1 heterocycles. The van der Waals surface area contributed by atoms with Crippen molar-refractivity contribution in [2.24, 2.45) is 0 Å². The first-order valence-electron chi connectivity index (χ1n) is 4.45. The highest BCUT2D eigenvalue weighted by Gasteiger charge is 2.10. The number of para-hydroxylation sites is 1. The average molecular weight is 222 g/mol. The van der Waals surface area contributed by atoms with Crippen molar-refractivity contribution in [1.29, 1.82) is 0 Å². The Bertz CT molecular complexity index is 462. The van der Waals surface area contributed by atoms with Crippen LogP contribution in [0.5, 0.6) is 0 Å². The van der Waals surface area contributed by atoms with Gasteiger partial charge in [-0.05, 0) is 12.1 Å². The zero-order chi connectivity index (χ0) is 10.8. The standard InChI is InChI=1S/C10H10N2O2S/c1-12(6-9(13)14)10-11-7-4-2-3-5-8(7)15-10/h2-5H,6H2,1H3,(H,13,14). The quantitative estimate of drug-likeness (QED) is 0.860. The summed E-state index contributed by atoms with van der Waals surface area (Å²) in [5.41, 5.74) is 0.912. The number of fused-ring (bicyclic) bond motifs is 1. The molecule has 4 nitrogen and oxygen atoms in total. The van der Waals surface area contributed by atoms with Crippen LogP contribution in [0.3, 0.4) is 0 Å². The fourth-order valence-corrected chi connectivity index (χ4v) is 2.22. The second-order valence-electron chi connectivity index (χ2n) is 3.21. The maximum Gasteiger partial charge on any atom is 0.323 e. The first kappa shape index (κ1) is 9.92. The summed E-state index contributed by atoms with van der Waals surface area (Å²) < 4.78 is 1.07. The summed E-state index contributed by atoms with van der Waals surface area (Å²) in [6, 6.07) is 7.76. The molecule has 0 aliphatic heterocycles. The van der Waals surface area contributed by atoms with Gasteiger partial charge in [0.05, 0.1) is 10.2 Å². The molecule has 0 aliphatic carbocycles. The van der Waals surface area contributed by atoms with Crippen molar-refractivity contribution in [3.63, 3.8) is 0 Å². The van der Waals surface area contributed by atoms with Crippen LogP contribution in [0.2, 0.25) is 0 Å². The molecule has 0 radical (unpaired) electrons. The first-order valence-corrected chi connectivity index (χ1v) is 5.27. The van der Waals surface area contributed by atoms with Crippen molar-refractivity contribution >= 4 is 32.7 Å². The number of carbonyl (C=O) groups is 1. The summed E-state index contributed by atoms with van der Waals surface area (Å²) in [6.07, 6.45) is 0. The van der Waals surface area contributed by atoms with Crippen molar-refractivity contribution < 1.29 is 9.90 Å². The van der Waals surface area contributed by atoms with Crippen molar-refractivity contribution in [1.82, 2.24) is 4.98 Å². The van der Waals surface area contributed by atoms with E-state index in [2.05, 4.69) is 4.98 Å². The Morgan fingerprint density at radius 1 is 1.53 bits per heavy atom. The largest absolute Gasteiger partial charge is 0.480 e. The number of likely N-dealkylation sites (N-methyl/N-ethyl adjacent to an activating group) is 1. The summed E-state index contributed by atoms with van der Waals surface area (Å²) in [5, 5.41) is 9.39. The molecule has 5 heteroatoms. The van der Waals surface area contributed by atoms with E-state index in [1.807, 2.05) is 24.3 Å². The monoisotopic (exact) mass is 222 g/mol. The zero-order valence-corrected chi connectivity index (χ0v) is 8.99. The van der Waals surface area contributed by atoms with Gasteiger partial charge < -0.3 is 10.0 Å². The second-order valence-corrected chi connectivity index (χ2v) is 4.22. The number of carboxylic acids is 1. The smallest absolute Gasteiger partial charge is 0.323 e. The number of hydrogen-bond acceptors (Lipinski definition) is 4. The fraction of sp³-hybridized carbons (Fsp3) is 0.200. The molecule has 0 aliphatic rings. The Morgan fingerprint density at radius 3 is 2.93 bits per heavy atom. The van der Waals surface area contributed by atoms with Crippen molar-refractivity contribution in [3.8, 4) is 0 Å². The van der Waals surface area contributed by atoms with Gasteiger partial charge in [-0.25, -0.2) is 4.98 Å². The van der Waals surface area contributed by atoms with Gasteiger partial charge in [0.2, 0.25) is 0 Å². The summed E-state index contributed by atoms with van der Waals surface area (Å²) in [6.45, 7) is -0.0280. The molecule has 0 saturated carbocycles. The van der Waals surface area contributed by atoms with Gasteiger partial charge in [0, 0.05) is 7.05 Å². The van der Waals surface area contributed by atoms with Crippen LogP contribution in [0.25, 0.3) is 10.2 Å². The van der Waals surface area contributed by atoms with E-state index in [4.69, 9.17) is 5.11 Å². The Labute approximate surface area is 90.8 Å². The zero-order valence-electron chi connectivity index (χ0n) is 8.17. The maximum atomic E-state index is 10.5. The van der Waals surface area contributed by atoms with Crippen LogP contribution in [0, 0.1) is 0 Å². The summed E-state index contributed by atoms with van der Waals surface area (Å²) >= 11 is 1.50. The Balaban J connectivity index is 2.32. The molecule has 0 saturated heterocycles. The lowest BCUT2D eigenvalue weighted by molar-refractivity contribution is -0.135. The molecular weight excluding hydrogens is 212 g/mol. The van der Waals surface area contributed by atoms with Crippen LogP contribution in [-0.4, -0.2) is 29.7 Å². The molecule has 15 heavy (non-hydrogen) atoms. The van der Waals surface area contributed by atoms with Crippen LogP contribution < -0.4 is 4.90 Å². The van der Waals surface area contributed by atoms with Crippen LogP contribution in [0.15, 0.2) is 24.3 Å². The van der Waals surface area contributed by atoms with Crippen molar-refractivity contribution in [2.45, 2.75) is 0 Å². The number of anilines is 1. The highest BCUT2D eigenvalue weighted by atomic mass is 32.1. The number of benzene rings is 1. The van der Waals surface area contributed by atoms with Crippen LogP contribution >= 0.6 is 11.3 Å². The number of nitrogens with zero attached hydrogens (tertiary/aromatic N) is 2. The van der Waals surface area contributed by atoms with E-state index in [1.54, 1.807) is 11.9 Å². The lowest BCUT2D eigenvalue weighted by Crippen LogP contribution is -2.24. The van der Waals surface area contributed by atoms with Gasteiger partial charge in [0.25, 0.3) is 0 Å². The number of carboxylic acid groups (broad SMARTS) is 1. The molecule has 1 aromatic heterocycles. The molecule has 1 aromatic carbocycles. The molecular formula is C10H10N2O2S. The maximum absolute atomic E-state index is 10.5. The molecule has 0 bridgehead atoms. The Hall–Kier alpha value is -1.62. The molecule has 0 spiro atoms. The minimum atomic E-state index is -0.850. The number of thiazole rings is 1. The number of rotatable bonds is 3. The number of aliphatic carboxylic acids is 1. The van der Waals surface area contributed by atoms with E-state index in [1.165, 1.54) is 11.3 Å². The normalized spacial score (nSPS) is 10.5. The third kappa shape index (κ3) is 2.07. The molecule has 0 fully saturated rings. The van der Waals surface area contributed by atoms with E-state index in [-0.39, 0.29) is 6.54 Å². The highest BCUT2D eigenvalue weighted by Crippen LogP contribution is 2.27. The van der Waals surface area contributed by atoms with E-state index < -0.39 is 5.97 Å². The van der Waals surface area contributed by atoms with Crippen LogP contribution in [0.1, 0.15) is 0 Å². The molecule has 2 rings (SSSR count). The lowest BCUT2D eigenvalue weighted by Gasteiger charge is -2.11. The van der Waals surface area contributed by atoms with Gasteiger partial charge in [-0.3, -0.25) is 4.79 Å². The van der Waals surface area contributed by atoms with Crippen molar-refractivity contribution in [2.75, 3.05) is 18.5 Å². The topological polar surface area (TPSA) is 53.4 Å². The van der Waals surface area contributed by atoms with Gasteiger partial charge in [-0.15, -0.1) is 0 Å². The van der Waals surface area contributed by atoms with Gasteiger partial charge in [-0.2, -0.15) is 0 Å². The minimum absolute atomic E-state index is 0.0280. The highest BCUT2D eigenvalue weighted by molar-refractivity contribution is 7.22. The van der Waals surface area contributed by atoms with Crippen molar-refractivity contribution in [3.05, 3.63) is 24.3 Å². The van der Waals surface area contributed by atoms with Crippen LogP contribution in [-0.2, 0) is 4.79 Å². The molecule has 0 atom stereocenters. The second kappa shape index (κ2) is 3.86. The predicted octanol–water partition coefficient (Wildman–Crippen LogP) is 1.82. The van der Waals surface area contributed by atoms with Gasteiger partial charge >= 0.3 is 5.97 Å². The predicted molar refractivity (Wildman–Crippen MR) is 60.5 cm³/mol. The molecule has 78 valence electrons. The van der Waals surface area contributed by atoms with Gasteiger partial charge in [0.15, 0.2) is 5.13 Å². The molecule has 1 N–H and O–H groups in total.